The van der Waals surface area contributed by atoms with Crippen LogP contribution in [0.2, 0.25) is 10.2 Å². The molecular formula is C25H17Cl2F3N4O3S2. The Labute approximate surface area is 238 Å². The SMILES string of the molecule is CSc1ccc(-c2nc(C(=O)NCc3ccccc3C(F)(F)F)c(NC(=O)c3cc(Cl)c(O)c(Cl)n3)s2)cc1. The summed E-state index contributed by atoms with van der Waals surface area (Å²) in [6.45, 7) is -0.429. The Balaban J connectivity index is 1.66. The molecule has 0 atom stereocenters. The van der Waals surface area contributed by atoms with Crippen LogP contribution >= 0.6 is 46.3 Å². The number of thioether (sulfide) groups is 1. The van der Waals surface area contributed by atoms with Crippen molar-refractivity contribution in [2.24, 2.45) is 0 Å². The van der Waals surface area contributed by atoms with E-state index in [-0.39, 0.29) is 27.0 Å². The largest absolute Gasteiger partial charge is 0.504 e. The highest BCUT2D eigenvalue weighted by Crippen LogP contribution is 2.35. The Morgan fingerprint density at radius 1 is 1.05 bits per heavy atom. The molecule has 39 heavy (non-hydrogen) atoms. The van der Waals surface area contributed by atoms with Crippen molar-refractivity contribution in [1.29, 1.82) is 0 Å². The van der Waals surface area contributed by atoms with E-state index in [1.807, 2.05) is 18.4 Å². The zero-order valence-electron chi connectivity index (χ0n) is 19.8. The molecule has 3 N–H and O–H groups in total. The number of pyridine rings is 1. The molecule has 4 rings (SSSR count). The number of carbonyl (C=O) groups is 2. The lowest BCUT2D eigenvalue weighted by molar-refractivity contribution is -0.138. The fourth-order valence-corrected chi connectivity index (χ4v) is 5.19. The van der Waals surface area contributed by atoms with E-state index >= 15 is 0 Å². The molecule has 2 amide bonds. The number of hydrogen-bond donors (Lipinski definition) is 3. The lowest BCUT2D eigenvalue weighted by Crippen LogP contribution is -2.26. The van der Waals surface area contributed by atoms with Crippen LogP contribution in [0.15, 0.2) is 59.5 Å². The number of carbonyl (C=O) groups excluding carboxylic acids is 2. The van der Waals surface area contributed by atoms with Crippen molar-refractivity contribution < 1.29 is 27.9 Å². The molecule has 0 spiro atoms. The summed E-state index contributed by atoms with van der Waals surface area (Å²) in [7, 11) is 0. The molecule has 0 aliphatic rings. The third-order valence-electron chi connectivity index (χ3n) is 5.30. The molecule has 202 valence electrons. The van der Waals surface area contributed by atoms with E-state index in [9.17, 15) is 27.9 Å². The Kier molecular flexibility index (Phi) is 8.70. The average molecular weight is 613 g/mol. The van der Waals surface area contributed by atoms with Crippen molar-refractivity contribution in [3.05, 3.63) is 87.3 Å². The number of alkyl halides is 3. The zero-order chi connectivity index (χ0) is 28.3. The van der Waals surface area contributed by atoms with Gasteiger partial charge in [-0.2, -0.15) is 13.2 Å². The minimum atomic E-state index is -4.60. The van der Waals surface area contributed by atoms with E-state index in [0.717, 1.165) is 28.4 Å². The van der Waals surface area contributed by atoms with Gasteiger partial charge in [-0.25, -0.2) is 9.97 Å². The van der Waals surface area contributed by atoms with Crippen LogP contribution in [0.25, 0.3) is 10.6 Å². The van der Waals surface area contributed by atoms with Crippen LogP contribution in [-0.2, 0) is 12.7 Å². The van der Waals surface area contributed by atoms with E-state index < -0.39 is 41.0 Å². The van der Waals surface area contributed by atoms with Crippen LogP contribution in [0.4, 0.5) is 18.2 Å². The highest BCUT2D eigenvalue weighted by molar-refractivity contribution is 7.98. The number of rotatable bonds is 7. The molecule has 0 bridgehead atoms. The molecule has 14 heteroatoms. The van der Waals surface area contributed by atoms with Crippen LogP contribution in [0.5, 0.6) is 5.75 Å². The summed E-state index contributed by atoms with van der Waals surface area (Å²) in [4.78, 5) is 35.2. The first kappa shape index (κ1) is 28.7. The van der Waals surface area contributed by atoms with Crippen molar-refractivity contribution in [2.45, 2.75) is 17.6 Å². The molecule has 0 saturated heterocycles. The number of anilines is 1. The summed E-state index contributed by atoms with van der Waals surface area (Å²) in [5.41, 5.74) is -0.808. The quantitative estimate of drug-likeness (QED) is 0.151. The Hall–Kier alpha value is -3.32. The fourth-order valence-electron chi connectivity index (χ4n) is 3.39. The van der Waals surface area contributed by atoms with Gasteiger partial charge < -0.3 is 15.7 Å². The third-order valence-corrected chi connectivity index (χ3v) is 7.62. The number of halogens is 5. The van der Waals surface area contributed by atoms with Gasteiger partial charge in [0.05, 0.1) is 10.6 Å². The average Bonchev–Trinajstić information content (AvgIpc) is 3.33. The van der Waals surface area contributed by atoms with Gasteiger partial charge in [0, 0.05) is 17.0 Å². The van der Waals surface area contributed by atoms with Crippen LogP contribution in [0, 0.1) is 0 Å². The van der Waals surface area contributed by atoms with Crippen molar-refractivity contribution in [3.8, 4) is 16.3 Å². The van der Waals surface area contributed by atoms with Gasteiger partial charge in [-0.3, -0.25) is 9.59 Å². The predicted molar refractivity (Wildman–Crippen MR) is 146 cm³/mol. The van der Waals surface area contributed by atoms with Gasteiger partial charge in [0.15, 0.2) is 16.6 Å². The number of aromatic hydroxyl groups is 1. The van der Waals surface area contributed by atoms with Crippen LogP contribution in [-0.4, -0.2) is 33.1 Å². The van der Waals surface area contributed by atoms with E-state index in [1.54, 1.807) is 12.1 Å². The van der Waals surface area contributed by atoms with Crippen LogP contribution < -0.4 is 10.6 Å². The molecular weight excluding hydrogens is 596 g/mol. The Morgan fingerprint density at radius 3 is 2.38 bits per heavy atom. The van der Waals surface area contributed by atoms with Gasteiger partial charge in [-0.05, 0) is 36.1 Å². The first-order valence-electron chi connectivity index (χ1n) is 10.9. The van der Waals surface area contributed by atoms with E-state index in [1.165, 1.54) is 30.0 Å². The second-order valence-corrected chi connectivity index (χ2v) is 10.5. The molecule has 0 aliphatic carbocycles. The van der Waals surface area contributed by atoms with Crippen LogP contribution in [0.3, 0.4) is 0 Å². The van der Waals surface area contributed by atoms with E-state index in [4.69, 9.17) is 23.2 Å². The maximum Gasteiger partial charge on any atom is 0.416 e. The van der Waals surface area contributed by atoms with Crippen molar-refractivity contribution in [3.63, 3.8) is 0 Å². The van der Waals surface area contributed by atoms with Gasteiger partial charge in [0.1, 0.15) is 15.7 Å². The monoisotopic (exact) mass is 612 g/mol. The van der Waals surface area contributed by atoms with Gasteiger partial charge in [0.2, 0.25) is 0 Å². The normalized spacial score (nSPS) is 11.3. The number of hydrogen-bond acceptors (Lipinski definition) is 7. The van der Waals surface area contributed by atoms with E-state index in [2.05, 4.69) is 20.6 Å². The highest BCUT2D eigenvalue weighted by atomic mass is 35.5. The number of nitrogens with zero attached hydrogens (tertiary/aromatic N) is 2. The molecule has 7 nitrogen and oxygen atoms in total. The maximum absolute atomic E-state index is 13.4. The number of thiazole rings is 1. The summed E-state index contributed by atoms with van der Waals surface area (Å²) in [6, 6.07) is 13.3. The topological polar surface area (TPSA) is 104 Å². The third kappa shape index (κ3) is 6.64. The summed E-state index contributed by atoms with van der Waals surface area (Å²) in [5, 5.41) is 14.5. The molecule has 2 aromatic heterocycles. The lowest BCUT2D eigenvalue weighted by Gasteiger charge is -2.13. The maximum atomic E-state index is 13.4. The van der Waals surface area contributed by atoms with Crippen molar-refractivity contribution in [2.75, 3.05) is 11.6 Å². The molecule has 0 unspecified atom stereocenters. The predicted octanol–water partition coefficient (Wildman–Crippen LogP) is 7.14. The zero-order valence-corrected chi connectivity index (χ0v) is 22.9. The van der Waals surface area contributed by atoms with Gasteiger partial charge >= 0.3 is 6.18 Å². The molecule has 2 aromatic carbocycles. The first-order chi connectivity index (χ1) is 18.5. The number of aromatic nitrogens is 2. The second kappa shape index (κ2) is 11.8. The summed E-state index contributed by atoms with van der Waals surface area (Å²) in [6.07, 6.45) is -2.68. The Bertz CT molecular complexity index is 1520. The Morgan fingerprint density at radius 2 is 1.74 bits per heavy atom. The molecule has 0 saturated carbocycles. The van der Waals surface area contributed by atoms with Crippen LogP contribution in [0.1, 0.15) is 32.1 Å². The van der Waals surface area contributed by atoms with Gasteiger partial charge in [-0.1, -0.05) is 64.9 Å². The summed E-state index contributed by atoms with van der Waals surface area (Å²) >= 11 is 14.2. The number of benzene rings is 2. The minimum Gasteiger partial charge on any atom is -0.504 e. The number of nitrogens with one attached hydrogen (secondary N) is 2. The standard InChI is InChI=1S/C25H17Cl2F3N4O3S2/c1-38-14-8-6-12(7-9-14)23-33-18(22(37)31-11-13-4-2-3-5-15(13)25(28,29)30)24(39-23)34-21(36)17-10-16(26)19(35)20(27)32-17/h2-10,35H,11H2,1H3,(H,31,37)(H,34,36). The lowest BCUT2D eigenvalue weighted by atomic mass is 10.1. The van der Waals surface area contributed by atoms with Crippen molar-refractivity contribution >= 4 is 63.1 Å². The smallest absolute Gasteiger partial charge is 0.416 e. The molecule has 0 radical (unpaired) electrons. The van der Waals surface area contributed by atoms with E-state index in [0.29, 0.717) is 10.6 Å². The first-order valence-corrected chi connectivity index (χ1v) is 13.7. The summed E-state index contributed by atoms with van der Waals surface area (Å²) < 4.78 is 40.1. The second-order valence-electron chi connectivity index (χ2n) is 7.85. The minimum absolute atomic E-state index is 0.0210. The molecule has 0 fully saturated rings. The van der Waals surface area contributed by atoms with Gasteiger partial charge in [0.25, 0.3) is 11.8 Å². The summed E-state index contributed by atoms with van der Waals surface area (Å²) in [5.74, 6) is -2.11. The number of amides is 2. The fraction of sp³-hybridized carbons (Fsp3) is 0.120. The van der Waals surface area contributed by atoms with Gasteiger partial charge in [-0.15, -0.1) is 11.8 Å². The molecule has 4 aromatic rings. The molecule has 2 heterocycles. The highest BCUT2D eigenvalue weighted by Gasteiger charge is 2.33. The molecule has 0 aliphatic heterocycles. The van der Waals surface area contributed by atoms with Crippen molar-refractivity contribution in [1.82, 2.24) is 15.3 Å².